The summed E-state index contributed by atoms with van der Waals surface area (Å²) in [5, 5.41) is 12.0. The van der Waals surface area contributed by atoms with Crippen LogP contribution in [0.4, 0.5) is 5.82 Å². The zero-order valence-corrected chi connectivity index (χ0v) is 18.6. The topological polar surface area (TPSA) is 98.7 Å². The van der Waals surface area contributed by atoms with Gasteiger partial charge < -0.3 is 9.84 Å². The third-order valence-corrected chi connectivity index (χ3v) is 6.08. The third-order valence-electron chi connectivity index (χ3n) is 5.11. The first-order valence-corrected chi connectivity index (χ1v) is 10.9. The molecule has 5 rings (SSSR count). The maximum Gasteiger partial charge on any atom is 0.259 e. The number of rotatable bonds is 5. The minimum Gasteiger partial charge on any atom is -0.335 e. The monoisotopic (exact) mass is 444 g/mol. The quantitative estimate of drug-likeness (QED) is 0.419. The molecule has 1 amide bonds. The molecule has 0 saturated heterocycles. The van der Waals surface area contributed by atoms with Crippen LogP contribution >= 0.6 is 11.3 Å². The summed E-state index contributed by atoms with van der Waals surface area (Å²) in [5.41, 5.74) is 3.96. The summed E-state index contributed by atoms with van der Waals surface area (Å²) in [6, 6.07) is 11.3. The van der Waals surface area contributed by atoms with Crippen LogP contribution in [0, 0.1) is 20.8 Å². The van der Waals surface area contributed by atoms with Crippen molar-refractivity contribution < 1.29 is 9.32 Å². The van der Waals surface area contributed by atoms with E-state index in [1.54, 1.807) is 47.5 Å². The first kappa shape index (κ1) is 20.1. The summed E-state index contributed by atoms with van der Waals surface area (Å²) in [6.07, 6.45) is 3.55. The van der Waals surface area contributed by atoms with Crippen molar-refractivity contribution in [3.8, 4) is 11.3 Å². The molecule has 5 aromatic heterocycles. The highest BCUT2D eigenvalue weighted by Gasteiger charge is 2.21. The second-order valence-corrected chi connectivity index (χ2v) is 8.96. The Bertz CT molecular complexity index is 1430. The molecule has 0 aliphatic heterocycles. The minimum atomic E-state index is -0.294. The number of anilines is 1. The number of carbonyl (C=O) groups is 1. The van der Waals surface area contributed by atoms with Crippen LogP contribution < -0.4 is 5.32 Å². The standard InChI is InChI=1S/C23H20N6O2S/c1-13-10-17(15(3)32-13)19-11-18(21-14(2)28-31-23(21)25-19)22(30)26-20-7-9-29(27-20)12-16-6-4-5-8-24-16/h4-11H,12H2,1-3H3,(H,26,27,30). The molecule has 8 nitrogen and oxygen atoms in total. The third kappa shape index (κ3) is 3.78. The van der Waals surface area contributed by atoms with Crippen LogP contribution in [0.15, 0.2) is 53.3 Å². The van der Waals surface area contributed by atoms with E-state index in [1.807, 2.05) is 32.0 Å². The number of hydrogen-bond acceptors (Lipinski definition) is 7. The van der Waals surface area contributed by atoms with Crippen molar-refractivity contribution in [1.29, 1.82) is 0 Å². The number of amides is 1. The Balaban J connectivity index is 1.47. The molecular formula is C23H20N6O2S. The number of carbonyl (C=O) groups excluding carboxylic acids is 1. The maximum absolute atomic E-state index is 13.3. The molecule has 32 heavy (non-hydrogen) atoms. The summed E-state index contributed by atoms with van der Waals surface area (Å²) in [7, 11) is 0. The van der Waals surface area contributed by atoms with Gasteiger partial charge in [0.15, 0.2) is 5.82 Å². The number of nitrogens with zero attached hydrogens (tertiary/aromatic N) is 5. The first-order valence-electron chi connectivity index (χ1n) is 10.1. The molecule has 0 bridgehead atoms. The van der Waals surface area contributed by atoms with Gasteiger partial charge in [-0.3, -0.25) is 14.5 Å². The van der Waals surface area contributed by atoms with Crippen LogP contribution in [-0.4, -0.2) is 30.8 Å². The van der Waals surface area contributed by atoms with E-state index in [0.29, 0.717) is 40.4 Å². The van der Waals surface area contributed by atoms with Gasteiger partial charge in [-0.2, -0.15) is 5.10 Å². The van der Waals surface area contributed by atoms with E-state index < -0.39 is 0 Å². The highest BCUT2D eigenvalue weighted by molar-refractivity contribution is 7.12. The summed E-state index contributed by atoms with van der Waals surface area (Å²) >= 11 is 1.69. The Morgan fingerprint density at radius 3 is 2.81 bits per heavy atom. The van der Waals surface area contributed by atoms with E-state index in [4.69, 9.17) is 4.52 Å². The van der Waals surface area contributed by atoms with Crippen molar-refractivity contribution in [2.75, 3.05) is 5.32 Å². The van der Waals surface area contributed by atoms with Crippen molar-refractivity contribution in [3.05, 3.63) is 75.5 Å². The van der Waals surface area contributed by atoms with Gasteiger partial charge >= 0.3 is 0 Å². The lowest BCUT2D eigenvalue weighted by Gasteiger charge is -2.07. The first-order chi connectivity index (χ1) is 15.5. The summed E-state index contributed by atoms with van der Waals surface area (Å²) in [6.45, 7) is 6.40. The van der Waals surface area contributed by atoms with E-state index in [1.165, 1.54) is 4.88 Å². The Hall–Kier alpha value is -3.85. The maximum atomic E-state index is 13.3. The lowest BCUT2D eigenvalue weighted by molar-refractivity contribution is 0.102. The number of fused-ring (bicyclic) bond motifs is 1. The Morgan fingerprint density at radius 2 is 2.06 bits per heavy atom. The lowest BCUT2D eigenvalue weighted by Crippen LogP contribution is -2.14. The van der Waals surface area contributed by atoms with Gasteiger partial charge in [-0.15, -0.1) is 11.3 Å². The molecule has 160 valence electrons. The van der Waals surface area contributed by atoms with E-state index in [2.05, 4.69) is 31.6 Å². The number of aryl methyl sites for hydroxylation is 3. The molecule has 0 aliphatic rings. The molecule has 0 unspecified atom stereocenters. The van der Waals surface area contributed by atoms with Crippen molar-refractivity contribution >= 4 is 34.2 Å². The van der Waals surface area contributed by atoms with Crippen molar-refractivity contribution in [2.24, 2.45) is 0 Å². The van der Waals surface area contributed by atoms with Gasteiger partial charge in [0.25, 0.3) is 11.6 Å². The molecule has 0 saturated carbocycles. The van der Waals surface area contributed by atoms with Gasteiger partial charge in [0.1, 0.15) is 0 Å². The predicted octanol–water partition coefficient (Wildman–Crippen LogP) is 4.77. The minimum absolute atomic E-state index is 0.294. The number of hydrogen-bond donors (Lipinski definition) is 1. The number of thiophene rings is 1. The predicted molar refractivity (Wildman–Crippen MR) is 123 cm³/mol. The van der Waals surface area contributed by atoms with Gasteiger partial charge in [-0.05, 0) is 45.0 Å². The lowest BCUT2D eigenvalue weighted by atomic mass is 10.1. The fourth-order valence-corrected chi connectivity index (χ4v) is 4.59. The molecular weight excluding hydrogens is 424 g/mol. The average molecular weight is 445 g/mol. The van der Waals surface area contributed by atoms with Gasteiger partial charge in [0, 0.05) is 33.8 Å². The summed E-state index contributed by atoms with van der Waals surface area (Å²) in [5.74, 6) is 0.159. The molecule has 0 aromatic carbocycles. The Kier molecular flexibility index (Phi) is 5.02. The van der Waals surface area contributed by atoms with Crippen molar-refractivity contribution in [3.63, 3.8) is 0 Å². The second kappa shape index (κ2) is 8.01. The molecule has 0 atom stereocenters. The van der Waals surface area contributed by atoms with E-state index in [0.717, 1.165) is 16.1 Å². The zero-order chi connectivity index (χ0) is 22.2. The van der Waals surface area contributed by atoms with Gasteiger partial charge in [0.05, 0.1) is 34.6 Å². The van der Waals surface area contributed by atoms with E-state index in [9.17, 15) is 4.79 Å². The molecule has 0 spiro atoms. The summed E-state index contributed by atoms with van der Waals surface area (Å²) < 4.78 is 7.13. The van der Waals surface area contributed by atoms with E-state index in [-0.39, 0.29) is 5.91 Å². The SMILES string of the molecule is Cc1cc(-c2cc(C(=O)Nc3ccn(Cc4ccccn4)n3)c3c(C)noc3n2)c(C)s1. The largest absolute Gasteiger partial charge is 0.335 e. The number of pyridine rings is 2. The van der Waals surface area contributed by atoms with Crippen LogP contribution in [0.3, 0.4) is 0 Å². The van der Waals surface area contributed by atoms with Gasteiger partial charge in [-0.1, -0.05) is 11.2 Å². The summed E-state index contributed by atoms with van der Waals surface area (Å²) in [4.78, 5) is 24.5. The number of nitrogens with one attached hydrogen (secondary N) is 1. The van der Waals surface area contributed by atoms with Crippen LogP contribution in [0.2, 0.25) is 0 Å². The zero-order valence-electron chi connectivity index (χ0n) is 17.8. The van der Waals surface area contributed by atoms with Gasteiger partial charge in [0.2, 0.25) is 0 Å². The van der Waals surface area contributed by atoms with Crippen LogP contribution in [0.25, 0.3) is 22.4 Å². The molecule has 9 heteroatoms. The Labute approximate surface area is 187 Å². The number of aromatic nitrogens is 5. The van der Waals surface area contributed by atoms with Gasteiger partial charge in [-0.25, -0.2) is 4.98 Å². The molecule has 5 heterocycles. The molecule has 0 fully saturated rings. The highest BCUT2D eigenvalue weighted by Crippen LogP contribution is 2.33. The smallest absolute Gasteiger partial charge is 0.259 e. The Morgan fingerprint density at radius 1 is 1.19 bits per heavy atom. The van der Waals surface area contributed by atoms with Crippen LogP contribution in [0.1, 0.15) is 31.5 Å². The average Bonchev–Trinajstić information content (AvgIpc) is 3.47. The molecule has 1 N–H and O–H groups in total. The molecule has 0 aliphatic carbocycles. The van der Waals surface area contributed by atoms with E-state index >= 15 is 0 Å². The fraction of sp³-hybridized carbons (Fsp3) is 0.174. The van der Waals surface area contributed by atoms with Crippen molar-refractivity contribution in [1.82, 2.24) is 24.9 Å². The second-order valence-electron chi connectivity index (χ2n) is 7.50. The molecule has 5 aromatic rings. The van der Waals surface area contributed by atoms with Crippen LogP contribution in [0.5, 0.6) is 0 Å². The normalized spacial score (nSPS) is 11.2. The molecule has 0 radical (unpaired) electrons. The fourth-order valence-electron chi connectivity index (χ4n) is 3.65. The van der Waals surface area contributed by atoms with Crippen LogP contribution in [-0.2, 0) is 6.54 Å². The van der Waals surface area contributed by atoms with Crippen molar-refractivity contribution in [2.45, 2.75) is 27.3 Å². The highest BCUT2D eigenvalue weighted by atomic mass is 32.1.